The monoisotopic (exact) mass is 407 g/mol. The van der Waals surface area contributed by atoms with Gasteiger partial charge < -0.3 is 9.15 Å². The molecule has 0 N–H and O–H groups in total. The van der Waals surface area contributed by atoms with Crippen molar-refractivity contribution in [3.8, 4) is 22.6 Å². The first kappa shape index (κ1) is 12.4. The predicted molar refractivity (Wildman–Crippen MR) is 123 cm³/mol. The van der Waals surface area contributed by atoms with Crippen molar-refractivity contribution in [2.75, 3.05) is 0 Å². The molecule has 140 valence electrons. The molecule has 0 saturated carbocycles. The highest BCUT2D eigenvalue weighted by Gasteiger charge is 2.42. The van der Waals surface area contributed by atoms with E-state index in [2.05, 4.69) is 0 Å². The summed E-state index contributed by atoms with van der Waals surface area (Å²) in [7, 11) is 0. The van der Waals surface area contributed by atoms with Crippen LogP contribution in [0.25, 0.3) is 22.1 Å². The van der Waals surface area contributed by atoms with E-state index in [1.807, 2.05) is 54.6 Å². The van der Waals surface area contributed by atoms with Crippen LogP contribution in [0, 0.1) is 0 Å². The Morgan fingerprint density at radius 3 is 2.60 bits per heavy atom. The summed E-state index contributed by atoms with van der Waals surface area (Å²) in [4.78, 5) is 1.95. The number of rotatable bonds is 1. The van der Waals surface area contributed by atoms with Gasteiger partial charge in [-0.25, -0.2) is 0 Å². The molecule has 0 aliphatic carbocycles. The lowest BCUT2D eigenvalue weighted by Gasteiger charge is -2.31. The SMILES string of the molecule is [2H]c1c([2H])c([2H])c(-c2cc3c4c(c2)Sc2c(oc5ccccc25)B4c2ccccc2O3)c([2H])c1[2H]. The molecule has 30 heavy (non-hydrogen) atoms. The van der Waals surface area contributed by atoms with E-state index in [4.69, 9.17) is 16.0 Å². The van der Waals surface area contributed by atoms with Gasteiger partial charge in [-0.1, -0.05) is 72.3 Å². The van der Waals surface area contributed by atoms with Crippen LogP contribution >= 0.6 is 11.8 Å². The summed E-state index contributed by atoms with van der Waals surface area (Å²) in [6.07, 6.45) is 0. The highest BCUT2D eigenvalue weighted by atomic mass is 32.2. The summed E-state index contributed by atoms with van der Waals surface area (Å²) in [6.45, 7) is -0.164. The summed E-state index contributed by atoms with van der Waals surface area (Å²) in [5.74, 6) is 1.32. The second-order valence-electron chi connectivity index (χ2n) is 7.35. The average Bonchev–Trinajstić information content (AvgIpc) is 3.24. The van der Waals surface area contributed by atoms with E-state index in [0.29, 0.717) is 17.1 Å². The van der Waals surface area contributed by atoms with Gasteiger partial charge in [-0.05, 0) is 52.4 Å². The molecule has 2 nitrogen and oxygen atoms in total. The van der Waals surface area contributed by atoms with Crippen molar-refractivity contribution in [3.63, 3.8) is 0 Å². The van der Waals surface area contributed by atoms with Gasteiger partial charge in [0.1, 0.15) is 17.1 Å². The maximum Gasteiger partial charge on any atom is 0.298 e. The standard InChI is InChI=1S/C26H15BO2S/c1-2-8-16(9-3-1)17-14-22-24-23(15-17)30-25-18-10-4-6-12-20(18)29-26(25)27(24)19-11-5-7-13-21(19)28-22/h1-15H/i1D,2D,3D,8D,9D. The quantitative estimate of drug-likeness (QED) is 0.350. The largest absolute Gasteiger partial charge is 0.469 e. The van der Waals surface area contributed by atoms with Crippen molar-refractivity contribution in [3.05, 3.63) is 90.9 Å². The van der Waals surface area contributed by atoms with Crippen LogP contribution in [0.4, 0.5) is 0 Å². The van der Waals surface area contributed by atoms with E-state index in [-0.39, 0.29) is 36.4 Å². The van der Waals surface area contributed by atoms with Gasteiger partial charge in [0.15, 0.2) is 0 Å². The van der Waals surface area contributed by atoms with Gasteiger partial charge in [-0.15, -0.1) is 0 Å². The Labute approximate surface area is 185 Å². The minimum absolute atomic E-state index is 0.164. The summed E-state index contributed by atoms with van der Waals surface area (Å²) in [5.41, 5.74) is 4.36. The molecule has 0 fully saturated rings. The molecule has 4 aromatic carbocycles. The molecule has 4 heteroatoms. The Morgan fingerprint density at radius 2 is 1.67 bits per heavy atom. The highest BCUT2D eigenvalue weighted by Crippen LogP contribution is 2.42. The van der Waals surface area contributed by atoms with Crippen LogP contribution in [0.1, 0.15) is 6.85 Å². The summed E-state index contributed by atoms with van der Waals surface area (Å²) < 4.78 is 53.9. The molecule has 7 rings (SSSR count). The van der Waals surface area contributed by atoms with Crippen LogP contribution in [0.2, 0.25) is 0 Å². The maximum absolute atomic E-state index is 8.48. The zero-order chi connectivity index (χ0) is 24.0. The molecular formula is C26H15BO2S. The Morgan fingerprint density at radius 1 is 0.833 bits per heavy atom. The van der Waals surface area contributed by atoms with Crippen molar-refractivity contribution in [2.45, 2.75) is 9.79 Å². The number of hydrogen-bond acceptors (Lipinski definition) is 3. The summed E-state index contributed by atoms with van der Waals surface area (Å²) in [5, 5.41) is 1.02. The number of para-hydroxylation sites is 2. The number of benzene rings is 4. The lowest BCUT2D eigenvalue weighted by molar-refractivity contribution is 0.486. The number of fused-ring (bicyclic) bond motifs is 6. The Bertz CT molecular complexity index is 1700. The number of ether oxygens (including phenoxy) is 1. The molecule has 0 saturated heterocycles. The third-order valence-electron chi connectivity index (χ3n) is 5.68. The second kappa shape index (κ2) is 6.07. The predicted octanol–water partition coefficient (Wildman–Crippen LogP) is 5.19. The van der Waals surface area contributed by atoms with Crippen LogP contribution in [0.3, 0.4) is 0 Å². The van der Waals surface area contributed by atoms with Crippen molar-refractivity contribution in [2.24, 2.45) is 0 Å². The van der Waals surface area contributed by atoms with Gasteiger partial charge >= 0.3 is 0 Å². The fourth-order valence-corrected chi connectivity index (χ4v) is 5.67. The fourth-order valence-electron chi connectivity index (χ4n) is 4.40. The molecular weight excluding hydrogens is 387 g/mol. The van der Waals surface area contributed by atoms with Crippen LogP contribution in [0.15, 0.2) is 105 Å². The lowest BCUT2D eigenvalue weighted by Crippen LogP contribution is -2.57. The topological polar surface area (TPSA) is 22.4 Å². The summed E-state index contributed by atoms with van der Waals surface area (Å²) in [6, 6.07) is 17.9. The molecule has 2 aliphatic heterocycles. The van der Waals surface area contributed by atoms with E-state index in [1.54, 1.807) is 17.8 Å². The van der Waals surface area contributed by atoms with E-state index < -0.39 is 6.04 Å². The molecule has 1 aromatic heterocycles. The molecule has 0 spiro atoms. The molecule has 2 aliphatic rings. The normalized spacial score (nSPS) is 15.7. The minimum Gasteiger partial charge on any atom is -0.469 e. The molecule has 0 unspecified atom stereocenters. The first-order valence-corrected chi connectivity index (χ1v) is 10.5. The van der Waals surface area contributed by atoms with E-state index in [1.165, 1.54) is 0 Å². The Kier molecular flexibility index (Phi) is 2.50. The van der Waals surface area contributed by atoms with Gasteiger partial charge in [0.2, 0.25) is 0 Å². The molecule has 0 bridgehead atoms. The number of hydrogen-bond donors (Lipinski definition) is 0. The van der Waals surface area contributed by atoms with E-state index >= 15 is 0 Å². The van der Waals surface area contributed by atoms with Gasteiger partial charge in [0.05, 0.1) is 17.4 Å². The van der Waals surface area contributed by atoms with Crippen molar-refractivity contribution >= 4 is 46.0 Å². The molecule has 3 heterocycles. The Balaban J connectivity index is 1.54. The number of furan rings is 1. The van der Waals surface area contributed by atoms with Crippen molar-refractivity contribution in [1.29, 1.82) is 0 Å². The second-order valence-corrected chi connectivity index (χ2v) is 8.40. The smallest absolute Gasteiger partial charge is 0.298 e. The van der Waals surface area contributed by atoms with Crippen LogP contribution in [-0.2, 0) is 0 Å². The van der Waals surface area contributed by atoms with Crippen LogP contribution in [0.5, 0.6) is 11.5 Å². The maximum atomic E-state index is 8.48. The highest BCUT2D eigenvalue weighted by molar-refractivity contribution is 8.00. The van der Waals surface area contributed by atoms with E-state index in [9.17, 15) is 0 Å². The Hall–Kier alpha value is -3.37. The van der Waals surface area contributed by atoms with Crippen LogP contribution in [-0.4, -0.2) is 6.71 Å². The van der Waals surface area contributed by atoms with Crippen LogP contribution < -0.4 is 21.3 Å². The molecule has 5 aromatic rings. The fraction of sp³-hybridized carbons (Fsp3) is 0. The lowest BCUT2D eigenvalue weighted by atomic mass is 9.37. The summed E-state index contributed by atoms with van der Waals surface area (Å²) >= 11 is 1.57. The van der Waals surface area contributed by atoms with Gasteiger partial charge in [0.25, 0.3) is 6.71 Å². The molecule has 0 radical (unpaired) electrons. The zero-order valence-corrected chi connectivity index (χ0v) is 16.4. The van der Waals surface area contributed by atoms with Crippen molar-refractivity contribution in [1.82, 2.24) is 0 Å². The zero-order valence-electron chi connectivity index (χ0n) is 20.6. The first-order valence-electron chi connectivity index (χ1n) is 12.2. The van der Waals surface area contributed by atoms with E-state index in [0.717, 1.165) is 37.3 Å². The molecule has 0 atom stereocenters. The van der Waals surface area contributed by atoms with Gasteiger partial charge in [-0.2, -0.15) is 0 Å². The minimum atomic E-state index is -0.405. The van der Waals surface area contributed by atoms with Gasteiger partial charge in [0, 0.05) is 10.3 Å². The van der Waals surface area contributed by atoms with Gasteiger partial charge in [-0.3, -0.25) is 0 Å². The molecule has 0 amide bonds. The third kappa shape index (κ3) is 2.23. The average molecular weight is 407 g/mol. The third-order valence-corrected chi connectivity index (χ3v) is 6.86. The first-order chi connectivity index (χ1) is 16.9. The van der Waals surface area contributed by atoms with Crippen molar-refractivity contribution < 1.29 is 16.0 Å².